The van der Waals surface area contributed by atoms with E-state index in [0.29, 0.717) is 0 Å². The van der Waals surface area contributed by atoms with Crippen molar-refractivity contribution in [2.75, 3.05) is 0 Å². The lowest BCUT2D eigenvalue weighted by Gasteiger charge is -2.29. The van der Waals surface area contributed by atoms with E-state index in [-0.39, 0.29) is 0 Å². The number of hydrogen-bond donors (Lipinski definition) is 0. The number of nitrogens with zero attached hydrogens (tertiary/aromatic N) is 1. The molecule has 1 rings (SSSR count). The highest BCUT2D eigenvalue weighted by Gasteiger charge is 2.95. The van der Waals surface area contributed by atoms with E-state index in [0.717, 1.165) is 0 Å². The lowest BCUT2D eigenvalue weighted by atomic mass is 10.3. The van der Waals surface area contributed by atoms with E-state index in [1.165, 1.54) is 0 Å². The molecule has 100 valence electrons. The van der Waals surface area contributed by atoms with Crippen molar-refractivity contribution in [3.8, 4) is 0 Å². The maximum Gasteiger partial charge on any atom is 0.499 e. The summed E-state index contributed by atoms with van der Waals surface area (Å²) in [5, 5.41) is -13.1. The normalized spacial score (nSPS) is 32.0. The van der Waals surface area contributed by atoms with Crippen molar-refractivity contribution in [3.05, 3.63) is 4.91 Å². The van der Waals surface area contributed by atoms with Crippen molar-refractivity contribution in [2.45, 2.75) is 16.4 Å². The van der Waals surface area contributed by atoms with Crippen LogP contribution in [0.3, 0.4) is 0 Å². The van der Waals surface area contributed by atoms with Crippen LogP contribution >= 0.6 is 0 Å². The van der Waals surface area contributed by atoms with Gasteiger partial charge < -0.3 is 0 Å². The van der Waals surface area contributed by atoms with Crippen molar-refractivity contribution >= 4 is 20.0 Å². The maximum atomic E-state index is 12.5. The van der Waals surface area contributed by atoms with Gasteiger partial charge in [-0.05, 0) is 0 Å². The maximum absolute atomic E-state index is 12.5. The molecule has 0 spiro atoms. The van der Waals surface area contributed by atoms with E-state index in [1.54, 1.807) is 0 Å². The Labute approximate surface area is 88.9 Å². The predicted octanol–water partition coefficient (Wildman–Crippen LogP) is 0.259. The average molecular weight is 308 g/mol. The summed E-state index contributed by atoms with van der Waals surface area (Å²) in [4.78, 5) is 10.3. The van der Waals surface area contributed by atoms with E-state index in [2.05, 4.69) is 0 Å². The average Bonchev–Trinajstić information content (AvgIpc) is 2.13. The van der Waals surface area contributed by atoms with Crippen LogP contribution < -0.4 is 0 Å². The first-order valence-electron chi connectivity index (χ1n) is 3.26. The molecular formula is C3F6NO5S2+. The van der Waals surface area contributed by atoms with Gasteiger partial charge in [0.15, 0.2) is 0 Å². The quantitative estimate of drug-likeness (QED) is 0.473. The smallest absolute Gasteiger partial charge is 0.189 e. The lowest BCUT2D eigenvalue weighted by molar-refractivity contribution is -0.319. The lowest BCUT2D eigenvalue weighted by Crippen LogP contribution is -2.68. The molecule has 1 aliphatic heterocycles. The number of rotatable bonds is 0. The van der Waals surface area contributed by atoms with E-state index >= 15 is 0 Å². The van der Waals surface area contributed by atoms with E-state index in [4.69, 9.17) is 0 Å². The molecule has 0 bridgehead atoms. The summed E-state index contributed by atoms with van der Waals surface area (Å²) in [5.41, 5.74) is 0. The van der Waals surface area contributed by atoms with Gasteiger partial charge in [-0.2, -0.15) is 43.2 Å². The third-order valence-electron chi connectivity index (χ3n) is 1.77. The number of hydrogen-bond acceptors (Lipinski definition) is 5. The summed E-state index contributed by atoms with van der Waals surface area (Å²) < 4.78 is 114. The van der Waals surface area contributed by atoms with Crippen LogP contribution in [0.1, 0.15) is 0 Å². The summed E-state index contributed by atoms with van der Waals surface area (Å²) >= 11 is 0. The third kappa shape index (κ3) is 1.16. The Bertz CT molecular complexity index is 539. The summed E-state index contributed by atoms with van der Waals surface area (Å²) in [6.07, 6.45) is 0. The fraction of sp³-hybridized carbons (Fsp3) is 1.00. The number of sulfonamides is 2. The Morgan fingerprint density at radius 2 is 0.941 bits per heavy atom. The van der Waals surface area contributed by atoms with Crippen molar-refractivity contribution in [1.82, 2.24) is 0 Å². The van der Waals surface area contributed by atoms with Gasteiger partial charge in [0.05, 0.1) is 4.91 Å². The van der Waals surface area contributed by atoms with Crippen molar-refractivity contribution in [1.29, 1.82) is 0 Å². The Morgan fingerprint density at radius 1 is 0.706 bits per heavy atom. The Hall–Kier alpha value is -0.920. The molecule has 1 aliphatic rings. The minimum absolute atomic E-state index is 2.70. The van der Waals surface area contributed by atoms with Gasteiger partial charge in [0.25, 0.3) is 3.57 Å². The Balaban J connectivity index is 3.89. The first-order chi connectivity index (χ1) is 7.15. The van der Waals surface area contributed by atoms with Gasteiger partial charge >= 0.3 is 36.5 Å². The molecule has 0 N–H and O–H groups in total. The summed E-state index contributed by atoms with van der Waals surface area (Å²) in [6, 6.07) is 0. The molecule has 0 amide bonds. The van der Waals surface area contributed by atoms with Crippen molar-refractivity contribution in [3.63, 3.8) is 0 Å². The molecule has 17 heavy (non-hydrogen) atoms. The van der Waals surface area contributed by atoms with Gasteiger partial charge in [-0.25, -0.2) is 0 Å². The molecule has 0 aromatic heterocycles. The van der Waals surface area contributed by atoms with Crippen LogP contribution in [-0.2, 0) is 20.0 Å². The van der Waals surface area contributed by atoms with Crippen molar-refractivity contribution < 1.29 is 46.7 Å². The van der Waals surface area contributed by atoms with Gasteiger partial charge in [0.1, 0.15) is 0 Å². The van der Waals surface area contributed by atoms with E-state index < -0.39 is 40.0 Å². The van der Waals surface area contributed by atoms with Crippen LogP contribution in [-0.4, -0.2) is 36.8 Å². The molecule has 0 aromatic carbocycles. The molecule has 0 saturated carbocycles. The second-order valence-corrected chi connectivity index (χ2v) is 6.60. The molecule has 0 unspecified atom stereocenters. The van der Waals surface area contributed by atoms with Crippen LogP contribution in [0.25, 0.3) is 0 Å². The zero-order valence-corrected chi connectivity index (χ0v) is 8.71. The standard InChI is InChI=1S/C3F6NO5S2/c4-1(5)2(6,7)16(12,13)10(11)17(14,15)3(1,8)9/q+1. The van der Waals surface area contributed by atoms with Gasteiger partial charge in [-0.1, -0.05) is 0 Å². The van der Waals surface area contributed by atoms with Gasteiger partial charge in [-0.3, -0.25) is 0 Å². The van der Waals surface area contributed by atoms with Crippen LogP contribution in [0.2, 0.25) is 0 Å². The third-order valence-corrected chi connectivity index (χ3v) is 5.54. The predicted molar refractivity (Wildman–Crippen MR) is 36.3 cm³/mol. The number of halogens is 6. The summed E-state index contributed by atoms with van der Waals surface area (Å²) in [7, 11) is -14.0. The molecule has 0 radical (unpaired) electrons. The van der Waals surface area contributed by atoms with Crippen LogP contribution in [0, 0.1) is 4.91 Å². The molecule has 0 aliphatic carbocycles. The van der Waals surface area contributed by atoms with E-state index in [9.17, 15) is 48.1 Å². The van der Waals surface area contributed by atoms with Crippen LogP contribution in [0.4, 0.5) is 26.3 Å². The first-order valence-corrected chi connectivity index (χ1v) is 6.14. The summed E-state index contributed by atoms with van der Waals surface area (Å²) in [5.74, 6) is -6.77. The van der Waals surface area contributed by atoms with Crippen molar-refractivity contribution in [2.24, 2.45) is 0 Å². The first kappa shape index (κ1) is 14.1. The highest BCUT2D eigenvalue weighted by Crippen LogP contribution is 2.55. The minimum Gasteiger partial charge on any atom is -0.189 e. The summed E-state index contributed by atoms with van der Waals surface area (Å²) in [6.45, 7) is 0. The van der Waals surface area contributed by atoms with E-state index in [1.807, 2.05) is 0 Å². The van der Waals surface area contributed by atoms with Gasteiger partial charge in [0.2, 0.25) is 0 Å². The molecular weight excluding hydrogens is 308 g/mol. The molecule has 14 heteroatoms. The Morgan fingerprint density at radius 3 is 1.18 bits per heavy atom. The topological polar surface area (TPSA) is 88.4 Å². The molecule has 1 heterocycles. The zero-order valence-electron chi connectivity index (χ0n) is 7.07. The molecule has 1 saturated heterocycles. The fourth-order valence-electron chi connectivity index (χ4n) is 0.810. The molecule has 6 nitrogen and oxygen atoms in total. The second-order valence-electron chi connectivity index (χ2n) is 2.78. The number of alkyl halides is 6. The largest absolute Gasteiger partial charge is 0.499 e. The highest BCUT2D eigenvalue weighted by molar-refractivity contribution is 7.99. The van der Waals surface area contributed by atoms with Crippen LogP contribution in [0.5, 0.6) is 0 Å². The Kier molecular flexibility index (Phi) is 2.42. The monoisotopic (exact) mass is 308 g/mol. The zero-order chi connectivity index (χ0) is 14.1. The molecule has 1 fully saturated rings. The van der Waals surface area contributed by atoms with Gasteiger partial charge in [0, 0.05) is 0 Å². The SMILES string of the molecule is O=[N+]1S(=O)(=O)C(F)(F)C(F)(F)C(F)(F)S1(=O)=O. The molecule has 0 aromatic rings. The van der Waals surface area contributed by atoms with Gasteiger partial charge in [-0.15, -0.1) is 0 Å². The fourth-order valence-corrected chi connectivity index (χ4v) is 3.75. The minimum atomic E-state index is -7.00. The van der Waals surface area contributed by atoms with Crippen LogP contribution in [0.15, 0.2) is 0 Å². The highest BCUT2D eigenvalue weighted by atomic mass is 32.3. The second kappa shape index (κ2) is 2.90. The molecule has 0 atom stereocenters. The number of nitroso groups, excluding NO2 is 1.